The summed E-state index contributed by atoms with van der Waals surface area (Å²) in [4.78, 5) is 4.28. The third kappa shape index (κ3) is 3.92. The fourth-order valence-corrected chi connectivity index (χ4v) is 4.61. The standard InChI is InChI=1S/C15H16N2O5S2/c16-24(20,21)14-4-1-11(2-5-14)15-6-3-13(22-15)9-17-12-7-8-23(18,19)10-12/h1-6,9,12H,7-8,10H2,(H2,16,20,21)/t12-/m1/s1. The molecule has 1 atom stereocenters. The number of furan rings is 1. The number of benzene rings is 1. The fourth-order valence-electron chi connectivity index (χ4n) is 2.46. The lowest BCUT2D eigenvalue weighted by Gasteiger charge is -2.00. The second-order valence-electron chi connectivity index (χ2n) is 5.61. The molecule has 128 valence electrons. The molecule has 7 nitrogen and oxygen atoms in total. The molecule has 3 rings (SSSR count). The molecule has 0 amide bonds. The van der Waals surface area contributed by atoms with Gasteiger partial charge in [0.2, 0.25) is 10.0 Å². The first-order chi connectivity index (χ1) is 11.2. The maximum atomic E-state index is 11.4. The second kappa shape index (κ2) is 6.15. The average molecular weight is 368 g/mol. The number of rotatable bonds is 4. The first-order valence-electron chi connectivity index (χ1n) is 7.20. The van der Waals surface area contributed by atoms with Crippen LogP contribution in [0.15, 0.2) is 50.7 Å². The van der Waals surface area contributed by atoms with E-state index in [1.54, 1.807) is 24.3 Å². The van der Waals surface area contributed by atoms with E-state index in [4.69, 9.17) is 9.56 Å². The van der Waals surface area contributed by atoms with Crippen molar-refractivity contribution in [3.63, 3.8) is 0 Å². The molecule has 1 aromatic heterocycles. The van der Waals surface area contributed by atoms with Crippen molar-refractivity contribution < 1.29 is 21.3 Å². The van der Waals surface area contributed by atoms with Crippen LogP contribution in [0.5, 0.6) is 0 Å². The van der Waals surface area contributed by atoms with E-state index in [9.17, 15) is 16.8 Å². The predicted molar refractivity (Wildman–Crippen MR) is 90.2 cm³/mol. The number of nitrogens with zero attached hydrogens (tertiary/aromatic N) is 1. The molecule has 1 aliphatic heterocycles. The number of nitrogens with two attached hydrogens (primary N) is 1. The number of primary sulfonamides is 1. The molecule has 0 radical (unpaired) electrons. The number of aliphatic imine (C=N–C) groups is 1. The van der Waals surface area contributed by atoms with E-state index < -0.39 is 19.9 Å². The Morgan fingerprint density at radius 3 is 2.46 bits per heavy atom. The van der Waals surface area contributed by atoms with Crippen LogP contribution in [0.1, 0.15) is 12.2 Å². The molecule has 1 fully saturated rings. The molecule has 1 saturated heterocycles. The first kappa shape index (κ1) is 16.9. The Balaban J connectivity index is 1.74. The molecule has 0 unspecified atom stereocenters. The van der Waals surface area contributed by atoms with E-state index in [-0.39, 0.29) is 22.4 Å². The fraction of sp³-hybridized carbons (Fsp3) is 0.267. The monoisotopic (exact) mass is 368 g/mol. The highest BCUT2D eigenvalue weighted by Crippen LogP contribution is 2.23. The van der Waals surface area contributed by atoms with E-state index in [1.165, 1.54) is 18.3 Å². The minimum Gasteiger partial charge on any atom is -0.455 e. The van der Waals surface area contributed by atoms with Crippen LogP contribution in [-0.4, -0.2) is 40.6 Å². The topological polar surface area (TPSA) is 120 Å². The SMILES string of the molecule is NS(=O)(=O)c1ccc(-c2ccc(C=N[C@@H]3CCS(=O)(=O)C3)o2)cc1. The summed E-state index contributed by atoms with van der Waals surface area (Å²) in [5.74, 6) is 1.31. The van der Waals surface area contributed by atoms with Crippen LogP contribution in [0, 0.1) is 0 Å². The smallest absolute Gasteiger partial charge is 0.238 e. The normalized spacial score (nSPS) is 20.6. The van der Waals surface area contributed by atoms with E-state index in [0.29, 0.717) is 23.5 Å². The molecule has 2 N–H and O–H groups in total. The van der Waals surface area contributed by atoms with Gasteiger partial charge in [-0.15, -0.1) is 0 Å². The van der Waals surface area contributed by atoms with Crippen molar-refractivity contribution in [2.75, 3.05) is 11.5 Å². The lowest BCUT2D eigenvalue weighted by Crippen LogP contribution is -2.11. The summed E-state index contributed by atoms with van der Waals surface area (Å²) in [5.41, 5.74) is 0.700. The molecule has 2 heterocycles. The molecule has 24 heavy (non-hydrogen) atoms. The molecular formula is C15H16N2O5S2. The Labute approximate surface area is 140 Å². The minimum atomic E-state index is -3.73. The largest absolute Gasteiger partial charge is 0.455 e. The van der Waals surface area contributed by atoms with Gasteiger partial charge in [0.25, 0.3) is 0 Å². The summed E-state index contributed by atoms with van der Waals surface area (Å²) >= 11 is 0. The molecule has 0 spiro atoms. The van der Waals surface area contributed by atoms with Gasteiger partial charge in [-0.2, -0.15) is 0 Å². The van der Waals surface area contributed by atoms with Crippen LogP contribution < -0.4 is 5.14 Å². The Kier molecular flexibility index (Phi) is 4.33. The van der Waals surface area contributed by atoms with Gasteiger partial charge in [0.05, 0.1) is 28.7 Å². The molecule has 1 aromatic carbocycles. The highest BCUT2D eigenvalue weighted by atomic mass is 32.2. The van der Waals surface area contributed by atoms with Crippen LogP contribution in [0.2, 0.25) is 0 Å². The number of hydrogen-bond acceptors (Lipinski definition) is 6. The summed E-state index contributed by atoms with van der Waals surface area (Å²) in [6.45, 7) is 0. The lowest BCUT2D eigenvalue weighted by atomic mass is 10.2. The number of sulfonamides is 1. The zero-order valence-corrected chi connectivity index (χ0v) is 14.3. The maximum Gasteiger partial charge on any atom is 0.238 e. The second-order valence-corrected chi connectivity index (χ2v) is 9.40. The van der Waals surface area contributed by atoms with Gasteiger partial charge in [0.1, 0.15) is 11.5 Å². The van der Waals surface area contributed by atoms with E-state index >= 15 is 0 Å². The Bertz CT molecular complexity index is 973. The molecule has 0 bridgehead atoms. The van der Waals surface area contributed by atoms with Gasteiger partial charge in [-0.25, -0.2) is 22.0 Å². The molecule has 2 aromatic rings. The van der Waals surface area contributed by atoms with Gasteiger partial charge < -0.3 is 4.42 Å². The van der Waals surface area contributed by atoms with Crippen molar-refractivity contribution in [3.05, 3.63) is 42.2 Å². The Morgan fingerprint density at radius 1 is 1.17 bits per heavy atom. The van der Waals surface area contributed by atoms with Crippen LogP contribution >= 0.6 is 0 Å². The van der Waals surface area contributed by atoms with Gasteiger partial charge in [0, 0.05) is 5.56 Å². The predicted octanol–water partition coefficient (Wildman–Crippen LogP) is 1.20. The van der Waals surface area contributed by atoms with Gasteiger partial charge in [-0.3, -0.25) is 4.99 Å². The van der Waals surface area contributed by atoms with Crippen molar-refractivity contribution in [2.45, 2.75) is 17.4 Å². The van der Waals surface area contributed by atoms with E-state index in [2.05, 4.69) is 4.99 Å². The number of hydrogen-bond donors (Lipinski definition) is 1. The average Bonchev–Trinajstić information content (AvgIpc) is 3.11. The number of sulfone groups is 1. The maximum absolute atomic E-state index is 11.4. The van der Waals surface area contributed by atoms with Crippen LogP contribution in [0.3, 0.4) is 0 Å². The first-order valence-corrected chi connectivity index (χ1v) is 10.6. The highest BCUT2D eigenvalue weighted by molar-refractivity contribution is 7.91. The molecular weight excluding hydrogens is 352 g/mol. The van der Waals surface area contributed by atoms with Gasteiger partial charge in [0.15, 0.2) is 9.84 Å². The van der Waals surface area contributed by atoms with Crippen molar-refractivity contribution in [1.82, 2.24) is 0 Å². The molecule has 1 aliphatic rings. The zero-order valence-electron chi connectivity index (χ0n) is 12.6. The van der Waals surface area contributed by atoms with Crippen molar-refractivity contribution in [2.24, 2.45) is 10.1 Å². The van der Waals surface area contributed by atoms with Crippen LogP contribution in [0.4, 0.5) is 0 Å². The van der Waals surface area contributed by atoms with E-state index in [1.807, 2.05) is 0 Å². The minimum absolute atomic E-state index is 0.0297. The molecule has 9 heteroatoms. The highest BCUT2D eigenvalue weighted by Gasteiger charge is 2.26. The van der Waals surface area contributed by atoms with Crippen molar-refractivity contribution in [1.29, 1.82) is 0 Å². The van der Waals surface area contributed by atoms with E-state index in [0.717, 1.165) is 0 Å². The summed E-state index contributed by atoms with van der Waals surface area (Å²) in [6.07, 6.45) is 2.05. The van der Waals surface area contributed by atoms with Crippen molar-refractivity contribution in [3.8, 4) is 11.3 Å². The van der Waals surface area contributed by atoms with Gasteiger partial charge >= 0.3 is 0 Å². The van der Waals surface area contributed by atoms with Gasteiger partial charge in [-0.05, 0) is 42.8 Å². The Morgan fingerprint density at radius 2 is 1.88 bits per heavy atom. The van der Waals surface area contributed by atoms with Crippen LogP contribution in [-0.2, 0) is 19.9 Å². The van der Waals surface area contributed by atoms with Crippen molar-refractivity contribution >= 4 is 26.1 Å². The molecule has 0 saturated carbocycles. The zero-order chi connectivity index (χ0) is 17.4. The van der Waals surface area contributed by atoms with Crippen LogP contribution in [0.25, 0.3) is 11.3 Å². The summed E-state index contributed by atoms with van der Waals surface area (Å²) in [5, 5.41) is 5.06. The summed E-state index contributed by atoms with van der Waals surface area (Å²) in [7, 11) is -6.68. The molecule has 0 aliphatic carbocycles. The third-order valence-electron chi connectivity index (χ3n) is 3.72. The Hall–Kier alpha value is -1.97. The summed E-state index contributed by atoms with van der Waals surface area (Å²) in [6, 6.07) is 9.24. The lowest BCUT2D eigenvalue weighted by molar-refractivity contribution is 0.573. The quantitative estimate of drug-likeness (QED) is 0.813. The third-order valence-corrected chi connectivity index (χ3v) is 6.39. The van der Waals surface area contributed by atoms with Gasteiger partial charge in [-0.1, -0.05) is 0 Å². The summed E-state index contributed by atoms with van der Waals surface area (Å²) < 4.78 is 50.9.